The van der Waals surface area contributed by atoms with Crippen molar-refractivity contribution in [2.75, 3.05) is 20.1 Å². The van der Waals surface area contributed by atoms with Crippen LogP contribution in [0.5, 0.6) is 0 Å². The Kier molecular flexibility index (Phi) is 3.72. The van der Waals surface area contributed by atoms with Crippen LogP contribution in [-0.2, 0) is 4.79 Å². The van der Waals surface area contributed by atoms with Crippen molar-refractivity contribution >= 4 is 5.91 Å². The van der Waals surface area contributed by atoms with E-state index in [0.29, 0.717) is 0 Å². The maximum Gasteiger partial charge on any atom is 0.224 e. The Labute approximate surface area is 80.5 Å². The summed E-state index contributed by atoms with van der Waals surface area (Å²) in [5.41, 5.74) is 0. The van der Waals surface area contributed by atoms with Gasteiger partial charge in [-0.25, -0.2) is 0 Å². The molecule has 0 aromatic heterocycles. The summed E-state index contributed by atoms with van der Waals surface area (Å²) in [7, 11) is 2.08. The molecule has 1 N–H and O–H groups in total. The van der Waals surface area contributed by atoms with Crippen molar-refractivity contribution in [2.24, 2.45) is 5.92 Å². The highest BCUT2D eigenvalue weighted by Crippen LogP contribution is 2.14. The fraction of sp³-hybridized carbons (Fsp3) is 0.900. The molecule has 13 heavy (non-hydrogen) atoms. The van der Waals surface area contributed by atoms with E-state index in [9.17, 15) is 4.79 Å². The molecule has 1 atom stereocenters. The lowest BCUT2D eigenvalue weighted by Gasteiger charge is -2.29. The molecule has 0 bridgehead atoms. The van der Waals surface area contributed by atoms with Crippen molar-refractivity contribution in [1.29, 1.82) is 0 Å². The first-order chi connectivity index (χ1) is 6.09. The summed E-state index contributed by atoms with van der Waals surface area (Å²) < 4.78 is 0. The number of likely N-dealkylation sites (tertiary alicyclic amines) is 1. The average Bonchev–Trinajstić information content (AvgIpc) is 2.03. The zero-order chi connectivity index (χ0) is 9.84. The molecular formula is C10H20N2O. The molecule has 0 radical (unpaired) electrons. The molecule has 0 unspecified atom stereocenters. The Balaban J connectivity index is 2.37. The van der Waals surface area contributed by atoms with Gasteiger partial charge in [-0.3, -0.25) is 4.79 Å². The van der Waals surface area contributed by atoms with Gasteiger partial charge in [-0.15, -0.1) is 0 Å². The molecule has 1 heterocycles. The molecule has 1 saturated heterocycles. The van der Waals surface area contributed by atoms with Crippen molar-refractivity contribution < 1.29 is 4.79 Å². The van der Waals surface area contributed by atoms with Crippen LogP contribution in [0.15, 0.2) is 0 Å². The standard InChI is InChI=1S/C10H20N2O/c1-8(2)11-10(13)9-5-4-6-12(3)7-9/h8-9H,4-7H2,1-3H3,(H,11,13)/t9-/m1/s1. The largest absolute Gasteiger partial charge is 0.354 e. The van der Waals surface area contributed by atoms with E-state index < -0.39 is 0 Å². The molecule has 1 rings (SSSR count). The van der Waals surface area contributed by atoms with E-state index >= 15 is 0 Å². The first-order valence-electron chi connectivity index (χ1n) is 5.08. The predicted octanol–water partition coefficient (Wildman–Crippen LogP) is 0.853. The zero-order valence-corrected chi connectivity index (χ0v) is 8.84. The van der Waals surface area contributed by atoms with Gasteiger partial charge in [0.1, 0.15) is 0 Å². The Bertz CT molecular complexity index is 180. The molecule has 0 saturated carbocycles. The van der Waals surface area contributed by atoms with E-state index in [4.69, 9.17) is 0 Å². The molecule has 1 aliphatic rings. The molecule has 76 valence electrons. The van der Waals surface area contributed by atoms with Crippen LogP contribution in [0.1, 0.15) is 26.7 Å². The zero-order valence-electron chi connectivity index (χ0n) is 8.84. The number of nitrogens with zero attached hydrogens (tertiary/aromatic N) is 1. The number of nitrogens with one attached hydrogen (secondary N) is 1. The van der Waals surface area contributed by atoms with Gasteiger partial charge in [0.25, 0.3) is 0 Å². The van der Waals surface area contributed by atoms with Gasteiger partial charge in [0.05, 0.1) is 5.92 Å². The van der Waals surface area contributed by atoms with E-state index in [1.54, 1.807) is 0 Å². The molecule has 1 fully saturated rings. The fourth-order valence-corrected chi connectivity index (χ4v) is 1.78. The highest BCUT2D eigenvalue weighted by atomic mass is 16.1. The van der Waals surface area contributed by atoms with Crippen molar-refractivity contribution in [2.45, 2.75) is 32.7 Å². The highest BCUT2D eigenvalue weighted by molar-refractivity contribution is 5.79. The van der Waals surface area contributed by atoms with Crippen LogP contribution in [0, 0.1) is 5.92 Å². The minimum absolute atomic E-state index is 0.209. The van der Waals surface area contributed by atoms with Crippen molar-refractivity contribution in [3.8, 4) is 0 Å². The van der Waals surface area contributed by atoms with Gasteiger partial charge in [0.2, 0.25) is 5.91 Å². The van der Waals surface area contributed by atoms with Crippen molar-refractivity contribution in [1.82, 2.24) is 10.2 Å². The van der Waals surface area contributed by atoms with Gasteiger partial charge in [-0.2, -0.15) is 0 Å². The summed E-state index contributed by atoms with van der Waals surface area (Å²) in [5.74, 6) is 0.433. The molecule has 0 aromatic carbocycles. The maximum absolute atomic E-state index is 11.6. The van der Waals surface area contributed by atoms with Crippen LogP contribution in [0.4, 0.5) is 0 Å². The molecule has 1 amide bonds. The highest BCUT2D eigenvalue weighted by Gasteiger charge is 2.23. The molecule has 0 spiro atoms. The van der Waals surface area contributed by atoms with Crippen LogP contribution in [0.2, 0.25) is 0 Å². The normalized spacial score (nSPS) is 24.8. The van der Waals surface area contributed by atoms with E-state index in [1.807, 2.05) is 13.8 Å². The summed E-state index contributed by atoms with van der Waals surface area (Å²) in [6.45, 7) is 6.05. The second kappa shape index (κ2) is 4.61. The summed E-state index contributed by atoms with van der Waals surface area (Å²) in [6.07, 6.45) is 2.19. The molecule has 0 aliphatic carbocycles. The van der Waals surface area contributed by atoms with Crippen LogP contribution >= 0.6 is 0 Å². The molecule has 1 aliphatic heterocycles. The Morgan fingerprint density at radius 3 is 2.77 bits per heavy atom. The number of piperidine rings is 1. The number of hydrogen-bond donors (Lipinski definition) is 1. The monoisotopic (exact) mass is 184 g/mol. The lowest BCUT2D eigenvalue weighted by molar-refractivity contribution is -0.127. The number of carbonyl (C=O) groups is 1. The Morgan fingerprint density at radius 2 is 2.23 bits per heavy atom. The minimum Gasteiger partial charge on any atom is -0.354 e. The van der Waals surface area contributed by atoms with Crippen molar-refractivity contribution in [3.63, 3.8) is 0 Å². The lowest BCUT2D eigenvalue weighted by Crippen LogP contribution is -2.43. The smallest absolute Gasteiger partial charge is 0.224 e. The fourth-order valence-electron chi connectivity index (χ4n) is 1.78. The summed E-state index contributed by atoms with van der Waals surface area (Å²) in [4.78, 5) is 13.8. The van der Waals surface area contributed by atoms with E-state index in [2.05, 4.69) is 17.3 Å². The lowest BCUT2D eigenvalue weighted by atomic mass is 9.97. The number of rotatable bonds is 2. The first kappa shape index (κ1) is 10.5. The molecular weight excluding hydrogens is 164 g/mol. The van der Waals surface area contributed by atoms with E-state index in [1.165, 1.54) is 0 Å². The maximum atomic E-state index is 11.6. The predicted molar refractivity (Wildman–Crippen MR) is 53.5 cm³/mol. The quantitative estimate of drug-likeness (QED) is 0.690. The molecule has 3 heteroatoms. The van der Waals surface area contributed by atoms with Crippen LogP contribution in [-0.4, -0.2) is 37.0 Å². The van der Waals surface area contributed by atoms with Crippen LogP contribution in [0.3, 0.4) is 0 Å². The van der Waals surface area contributed by atoms with Crippen molar-refractivity contribution in [3.05, 3.63) is 0 Å². The van der Waals surface area contributed by atoms with Gasteiger partial charge in [0.15, 0.2) is 0 Å². The van der Waals surface area contributed by atoms with Crippen LogP contribution < -0.4 is 5.32 Å². The minimum atomic E-state index is 0.209. The summed E-state index contributed by atoms with van der Waals surface area (Å²) >= 11 is 0. The third-order valence-corrected chi connectivity index (χ3v) is 2.43. The average molecular weight is 184 g/mol. The number of hydrogen-bond acceptors (Lipinski definition) is 2. The van der Waals surface area contributed by atoms with Gasteiger partial charge >= 0.3 is 0 Å². The molecule has 0 aromatic rings. The topological polar surface area (TPSA) is 32.3 Å². The second-order valence-electron chi connectivity index (χ2n) is 4.26. The summed E-state index contributed by atoms with van der Waals surface area (Å²) in [5, 5.41) is 2.97. The van der Waals surface area contributed by atoms with E-state index in [-0.39, 0.29) is 17.9 Å². The molecule has 3 nitrogen and oxygen atoms in total. The SMILES string of the molecule is CC(C)NC(=O)[C@@H]1CCCN(C)C1. The number of carbonyl (C=O) groups excluding carboxylic acids is 1. The van der Waals surface area contributed by atoms with Gasteiger partial charge in [-0.05, 0) is 40.3 Å². The third-order valence-electron chi connectivity index (χ3n) is 2.43. The Morgan fingerprint density at radius 1 is 1.54 bits per heavy atom. The third kappa shape index (κ3) is 3.35. The number of amides is 1. The van der Waals surface area contributed by atoms with Gasteiger partial charge in [0, 0.05) is 12.6 Å². The Hall–Kier alpha value is -0.570. The second-order valence-corrected chi connectivity index (χ2v) is 4.26. The first-order valence-corrected chi connectivity index (χ1v) is 5.08. The van der Waals surface area contributed by atoms with Gasteiger partial charge < -0.3 is 10.2 Å². The van der Waals surface area contributed by atoms with E-state index in [0.717, 1.165) is 25.9 Å². The van der Waals surface area contributed by atoms with Crippen LogP contribution in [0.25, 0.3) is 0 Å². The summed E-state index contributed by atoms with van der Waals surface area (Å²) in [6, 6.07) is 0.264. The van der Waals surface area contributed by atoms with Gasteiger partial charge in [-0.1, -0.05) is 0 Å².